The second kappa shape index (κ2) is 21.4. The van der Waals surface area contributed by atoms with Crippen LogP contribution in [0.1, 0.15) is 115 Å². The number of aliphatic hydroxyl groups excluding tert-OH is 2. The molecular formula is C43H75NO16. The van der Waals surface area contributed by atoms with Gasteiger partial charge in [-0.3, -0.25) is 19.2 Å². The number of methoxy groups -OCH3 is 1. The average molecular weight is 862 g/mol. The molecule has 0 bridgehead atoms. The minimum absolute atomic E-state index is 0.0431. The number of ether oxygens (including phenoxy) is 8. The first kappa shape index (κ1) is 52.0. The molecule has 3 fully saturated rings. The molecule has 0 saturated carbocycles. The zero-order valence-electron chi connectivity index (χ0n) is 38.2. The number of carbonyl (C=O) groups excluding carboxylic acids is 4. The lowest BCUT2D eigenvalue weighted by molar-refractivity contribution is -0.319. The minimum Gasteiger partial charge on any atom is -0.466 e. The van der Waals surface area contributed by atoms with Crippen molar-refractivity contribution in [3.8, 4) is 0 Å². The van der Waals surface area contributed by atoms with Gasteiger partial charge in [0.05, 0.1) is 73.1 Å². The number of rotatable bonds is 12. The van der Waals surface area contributed by atoms with Gasteiger partial charge in [0.1, 0.15) is 23.6 Å². The number of nitrogens with zero attached hydrogens (tertiary/aromatic N) is 1. The Morgan fingerprint density at radius 1 is 0.850 bits per heavy atom. The standard InChI is InChI=1S/C43H75NO16/c1-15-29-43(11,52)36(48)24(5)33(47)22(3)20-41(9,51)38(25(6)34(26(7)39(50)57-29)59-32-21-42(10,53-14)37(49)27(8)56-32)60-40-35(28(44(12)13)19-23(4)55-40)58-31(46)18-17-30(45)54-16-2/h22-29,32,34-38,40,48-49,51-52H,15-21H2,1-14H3/t22-,23-,24+,25+,26-,27+,28+,29-,32+,34+,35-,36-,37+,38?,40+,41-,42-,43-/m1/s1. The second-order valence-electron chi connectivity index (χ2n) is 18.2. The monoisotopic (exact) mass is 862 g/mol. The first-order valence-electron chi connectivity index (χ1n) is 21.5. The molecule has 18 atom stereocenters. The molecule has 0 aliphatic carbocycles. The molecule has 3 aliphatic heterocycles. The Balaban J connectivity index is 2.22. The molecule has 0 aromatic rings. The van der Waals surface area contributed by atoms with Crippen molar-refractivity contribution in [2.24, 2.45) is 23.7 Å². The third-order valence-corrected chi connectivity index (χ3v) is 12.9. The van der Waals surface area contributed by atoms with Gasteiger partial charge < -0.3 is 63.2 Å². The Kier molecular flexibility index (Phi) is 18.5. The molecule has 1 unspecified atom stereocenters. The average Bonchev–Trinajstić information content (AvgIpc) is 3.17. The number of hydrogen-bond donors (Lipinski definition) is 4. The van der Waals surface area contributed by atoms with Crippen LogP contribution in [0.4, 0.5) is 0 Å². The van der Waals surface area contributed by atoms with Crippen molar-refractivity contribution >= 4 is 23.7 Å². The molecule has 17 heteroatoms. The van der Waals surface area contributed by atoms with Gasteiger partial charge in [0.2, 0.25) is 0 Å². The Morgan fingerprint density at radius 3 is 2.03 bits per heavy atom. The second-order valence-corrected chi connectivity index (χ2v) is 18.2. The summed E-state index contributed by atoms with van der Waals surface area (Å²) >= 11 is 0. The lowest BCUT2D eigenvalue weighted by Gasteiger charge is -2.49. The van der Waals surface area contributed by atoms with E-state index >= 15 is 0 Å². The zero-order valence-corrected chi connectivity index (χ0v) is 38.2. The van der Waals surface area contributed by atoms with Crippen molar-refractivity contribution in [2.75, 3.05) is 27.8 Å². The predicted octanol–water partition coefficient (Wildman–Crippen LogP) is 2.68. The Bertz CT molecular complexity index is 1440. The minimum atomic E-state index is -2.04. The highest BCUT2D eigenvalue weighted by Crippen LogP contribution is 2.41. The van der Waals surface area contributed by atoms with E-state index in [-0.39, 0.29) is 38.7 Å². The summed E-state index contributed by atoms with van der Waals surface area (Å²) in [5, 5.41) is 46.8. The summed E-state index contributed by atoms with van der Waals surface area (Å²) in [6.07, 6.45) is -11.1. The summed E-state index contributed by atoms with van der Waals surface area (Å²) in [4.78, 5) is 55.6. The summed E-state index contributed by atoms with van der Waals surface area (Å²) in [6, 6.07) is -0.443. The number of hydrogen-bond acceptors (Lipinski definition) is 17. The lowest BCUT2D eigenvalue weighted by atomic mass is 9.74. The maximum Gasteiger partial charge on any atom is 0.311 e. The maximum atomic E-state index is 14.3. The van der Waals surface area contributed by atoms with E-state index in [9.17, 15) is 39.6 Å². The van der Waals surface area contributed by atoms with Crippen LogP contribution in [0.2, 0.25) is 0 Å². The van der Waals surface area contributed by atoms with E-state index < -0.39 is 132 Å². The van der Waals surface area contributed by atoms with E-state index in [0.717, 1.165) is 0 Å². The maximum absolute atomic E-state index is 14.3. The molecule has 0 spiro atoms. The first-order chi connectivity index (χ1) is 27.8. The molecule has 3 saturated heterocycles. The van der Waals surface area contributed by atoms with Gasteiger partial charge in [-0.1, -0.05) is 27.7 Å². The molecule has 0 aromatic heterocycles. The van der Waals surface area contributed by atoms with Crippen molar-refractivity contribution in [1.29, 1.82) is 0 Å². The molecular weight excluding hydrogens is 786 g/mol. The van der Waals surface area contributed by atoms with E-state index in [4.69, 9.17) is 37.9 Å². The van der Waals surface area contributed by atoms with Crippen molar-refractivity contribution < 1.29 is 77.5 Å². The Morgan fingerprint density at radius 2 is 1.47 bits per heavy atom. The van der Waals surface area contributed by atoms with Crippen LogP contribution in [-0.4, -0.2) is 161 Å². The highest BCUT2D eigenvalue weighted by Gasteiger charge is 2.54. The van der Waals surface area contributed by atoms with Gasteiger partial charge in [0.15, 0.2) is 18.7 Å². The quantitative estimate of drug-likeness (QED) is 0.163. The SMILES string of the molecule is CCOC(=O)CCC(=O)O[C@H]1[C@H](OC2[C@@H](C)[C@H](O[C@H]3C[C@@](C)(OC)[C@@H](O)[C@H](C)O3)[C@@H](C)C(=O)O[C@H](CC)[C@@](C)(O)[C@H](O)[C@@H](C)C(=O)[C@H](C)C[C@@]2(C)O)O[C@H](C)C[C@@H]1N(C)C. The number of likely N-dealkylation sites (N-methyl/N-ethyl adjacent to an activating group) is 1. The van der Waals surface area contributed by atoms with Crippen LogP contribution in [0.3, 0.4) is 0 Å². The van der Waals surface area contributed by atoms with E-state index in [1.807, 2.05) is 25.9 Å². The predicted molar refractivity (Wildman–Crippen MR) is 216 cm³/mol. The topological polar surface area (TPSA) is 226 Å². The van der Waals surface area contributed by atoms with Crippen molar-refractivity contribution in [2.45, 2.75) is 199 Å². The summed E-state index contributed by atoms with van der Waals surface area (Å²) in [5.41, 5.74) is -5.06. The van der Waals surface area contributed by atoms with Gasteiger partial charge in [0.25, 0.3) is 0 Å². The van der Waals surface area contributed by atoms with Crippen molar-refractivity contribution in [3.63, 3.8) is 0 Å². The third-order valence-electron chi connectivity index (χ3n) is 12.9. The van der Waals surface area contributed by atoms with Crippen LogP contribution in [0.5, 0.6) is 0 Å². The number of esters is 3. The van der Waals surface area contributed by atoms with Gasteiger partial charge >= 0.3 is 17.9 Å². The number of ketones is 1. The molecule has 3 rings (SSSR count). The van der Waals surface area contributed by atoms with Crippen LogP contribution in [0.25, 0.3) is 0 Å². The lowest BCUT2D eigenvalue weighted by Crippen LogP contribution is -2.61. The van der Waals surface area contributed by atoms with Gasteiger partial charge in [-0.05, 0) is 81.8 Å². The van der Waals surface area contributed by atoms with Gasteiger partial charge in [-0.15, -0.1) is 0 Å². The number of cyclic esters (lactones) is 1. The fourth-order valence-corrected chi connectivity index (χ4v) is 9.17. The summed E-state index contributed by atoms with van der Waals surface area (Å²) in [5.74, 6) is -6.64. The normalized spacial score (nSPS) is 43.8. The van der Waals surface area contributed by atoms with E-state index in [1.54, 1.807) is 48.5 Å². The smallest absolute Gasteiger partial charge is 0.311 e. The summed E-state index contributed by atoms with van der Waals surface area (Å²) < 4.78 is 48.8. The van der Waals surface area contributed by atoms with Crippen LogP contribution in [-0.2, 0) is 57.1 Å². The number of Topliss-reactive ketones (excluding diaryl/α,β-unsaturated/α-hetero) is 1. The molecule has 3 aliphatic rings. The van der Waals surface area contributed by atoms with Crippen LogP contribution >= 0.6 is 0 Å². The molecule has 0 aromatic carbocycles. The van der Waals surface area contributed by atoms with E-state index in [2.05, 4.69) is 0 Å². The zero-order chi connectivity index (χ0) is 45.7. The molecule has 0 amide bonds. The molecule has 17 nitrogen and oxygen atoms in total. The Labute approximate surface area is 356 Å². The fourth-order valence-electron chi connectivity index (χ4n) is 9.17. The van der Waals surface area contributed by atoms with Crippen molar-refractivity contribution in [1.82, 2.24) is 4.90 Å². The van der Waals surface area contributed by atoms with Gasteiger partial charge in [-0.25, -0.2) is 0 Å². The molecule has 3 heterocycles. The first-order valence-corrected chi connectivity index (χ1v) is 21.5. The van der Waals surface area contributed by atoms with Crippen LogP contribution in [0, 0.1) is 23.7 Å². The summed E-state index contributed by atoms with van der Waals surface area (Å²) in [6.45, 7) is 17.9. The van der Waals surface area contributed by atoms with Crippen molar-refractivity contribution in [3.05, 3.63) is 0 Å². The third kappa shape index (κ3) is 12.2. The number of aliphatic hydroxyl groups is 4. The van der Waals surface area contributed by atoms with E-state index in [1.165, 1.54) is 27.9 Å². The highest BCUT2D eigenvalue weighted by atomic mass is 16.7. The van der Waals surface area contributed by atoms with Crippen LogP contribution in [0.15, 0.2) is 0 Å². The Hall–Kier alpha value is -2.32. The largest absolute Gasteiger partial charge is 0.466 e. The van der Waals surface area contributed by atoms with E-state index in [0.29, 0.717) is 6.42 Å². The van der Waals surface area contributed by atoms with Crippen LogP contribution < -0.4 is 0 Å². The molecule has 4 N–H and O–H groups in total. The summed E-state index contributed by atoms with van der Waals surface area (Å²) in [7, 11) is 5.09. The van der Waals surface area contributed by atoms with Gasteiger partial charge in [0, 0.05) is 31.3 Å². The molecule has 348 valence electrons. The van der Waals surface area contributed by atoms with Gasteiger partial charge in [-0.2, -0.15) is 0 Å². The molecule has 60 heavy (non-hydrogen) atoms. The fraction of sp³-hybridized carbons (Fsp3) is 0.907. The number of carbonyl (C=O) groups is 4. The molecule has 0 radical (unpaired) electrons. The highest BCUT2D eigenvalue weighted by molar-refractivity contribution is 5.83.